The molecule has 0 unspecified atom stereocenters. The zero-order valence-electron chi connectivity index (χ0n) is 14.4. The molecule has 0 aliphatic carbocycles. The summed E-state index contributed by atoms with van der Waals surface area (Å²) >= 11 is 0. The van der Waals surface area contributed by atoms with E-state index >= 15 is 0 Å². The first-order valence-corrected chi connectivity index (χ1v) is 8.12. The Morgan fingerprint density at radius 3 is 2.73 bits per heavy atom. The summed E-state index contributed by atoms with van der Waals surface area (Å²) in [6, 6.07) is 14.1. The second-order valence-corrected chi connectivity index (χ2v) is 6.04. The van der Waals surface area contributed by atoms with Crippen LogP contribution in [0.25, 0.3) is 11.0 Å². The van der Waals surface area contributed by atoms with Gasteiger partial charge in [-0.15, -0.1) is 0 Å². The van der Waals surface area contributed by atoms with Gasteiger partial charge in [0.25, 0.3) is 5.91 Å². The molecule has 2 aromatic carbocycles. The van der Waals surface area contributed by atoms with Crippen molar-refractivity contribution in [2.75, 3.05) is 7.05 Å². The van der Waals surface area contributed by atoms with Crippen molar-refractivity contribution in [1.82, 2.24) is 4.90 Å². The first-order valence-electron chi connectivity index (χ1n) is 8.12. The molecule has 0 fully saturated rings. The fourth-order valence-electron chi connectivity index (χ4n) is 2.67. The molecule has 0 spiro atoms. The van der Waals surface area contributed by atoms with Crippen molar-refractivity contribution in [3.63, 3.8) is 0 Å². The molecular weight excluding hydrogens is 337 g/mol. The molecule has 3 aromatic rings. The SMILES string of the molecule is C[C@H](Oc1ccc2ccc(=O)oc2c1)C(=O)N(C)Cc1cccc(F)c1. The maximum absolute atomic E-state index is 13.3. The molecule has 0 aliphatic rings. The highest BCUT2D eigenvalue weighted by atomic mass is 19.1. The number of carbonyl (C=O) groups is 1. The maximum Gasteiger partial charge on any atom is 0.336 e. The normalized spacial score (nSPS) is 12.0. The quantitative estimate of drug-likeness (QED) is 0.659. The second-order valence-electron chi connectivity index (χ2n) is 6.04. The number of halogens is 1. The number of amides is 1. The van der Waals surface area contributed by atoms with Crippen LogP contribution in [0.1, 0.15) is 12.5 Å². The predicted molar refractivity (Wildman–Crippen MR) is 95.4 cm³/mol. The van der Waals surface area contributed by atoms with Gasteiger partial charge in [0.2, 0.25) is 0 Å². The number of likely N-dealkylation sites (N-methyl/N-ethyl adjacent to an activating group) is 1. The molecule has 0 radical (unpaired) electrons. The fraction of sp³-hybridized carbons (Fsp3) is 0.200. The topological polar surface area (TPSA) is 59.8 Å². The largest absolute Gasteiger partial charge is 0.481 e. The smallest absolute Gasteiger partial charge is 0.336 e. The first-order chi connectivity index (χ1) is 12.4. The fourth-order valence-corrected chi connectivity index (χ4v) is 2.67. The summed E-state index contributed by atoms with van der Waals surface area (Å²) in [5.41, 5.74) is 0.636. The number of benzene rings is 2. The van der Waals surface area contributed by atoms with Crippen LogP contribution in [-0.4, -0.2) is 24.0 Å². The molecule has 134 valence electrons. The summed E-state index contributed by atoms with van der Waals surface area (Å²) in [4.78, 5) is 25.3. The Morgan fingerprint density at radius 2 is 1.96 bits per heavy atom. The monoisotopic (exact) mass is 355 g/mol. The van der Waals surface area contributed by atoms with E-state index in [4.69, 9.17) is 9.15 Å². The molecule has 1 amide bonds. The minimum absolute atomic E-state index is 0.246. The van der Waals surface area contributed by atoms with Crippen LogP contribution < -0.4 is 10.4 Å². The predicted octanol–water partition coefficient (Wildman–Crippen LogP) is 3.36. The number of nitrogens with zero attached hydrogens (tertiary/aromatic N) is 1. The van der Waals surface area contributed by atoms with Gasteiger partial charge in [-0.1, -0.05) is 12.1 Å². The van der Waals surface area contributed by atoms with E-state index in [0.717, 1.165) is 5.39 Å². The molecule has 26 heavy (non-hydrogen) atoms. The molecule has 5 nitrogen and oxygen atoms in total. The lowest BCUT2D eigenvalue weighted by Crippen LogP contribution is -2.37. The van der Waals surface area contributed by atoms with Gasteiger partial charge in [-0.3, -0.25) is 4.79 Å². The van der Waals surface area contributed by atoms with Gasteiger partial charge in [0.05, 0.1) is 0 Å². The Bertz CT molecular complexity index is 998. The molecule has 0 aliphatic heterocycles. The molecule has 0 bridgehead atoms. The minimum atomic E-state index is -0.749. The van der Waals surface area contributed by atoms with Gasteiger partial charge in [0, 0.05) is 31.1 Å². The summed E-state index contributed by atoms with van der Waals surface area (Å²) < 4.78 is 24.1. The Labute approximate surface area is 149 Å². The highest BCUT2D eigenvalue weighted by Gasteiger charge is 2.19. The van der Waals surface area contributed by atoms with Gasteiger partial charge in [-0.2, -0.15) is 0 Å². The lowest BCUT2D eigenvalue weighted by molar-refractivity contribution is -0.137. The Balaban J connectivity index is 1.69. The summed E-state index contributed by atoms with van der Waals surface area (Å²) in [6.07, 6.45) is -0.749. The van der Waals surface area contributed by atoms with Crippen molar-refractivity contribution in [3.8, 4) is 5.75 Å². The van der Waals surface area contributed by atoms with Gasteiger partial charge in [0.1, 0.15) is 17.1 Å². The van der Waals surface area contributed by atoms with Gasteiger partial charge in [0.15, 0.2) is 6.10 Å². The van der Waals surface area contributed by atoms with E-state index in [1.807, 2.05) is 0 Å². The standard InChI is InChI=1S/C20H18FNO4/c1-13(20(24)22(2)12-14-4-3-5-16(21)10-14)25-17-8-6-15-7-9-19(23)26-18(15)11-17/h3-11,13H,12H2,1-2H3/t13-/m0/s1. The van der Waals surface area contributed by atoms with Gasteiger partial charge < -0.3 is 14.1 Å². The van der Waals surface area contributed by atoms with Crippen LogP contribution in [0, 0.1) is 5.82 Å². The van der Waals surface area contributed by atoms with Crippen LogP contribution in [0.2, 0.25) is 0 Å². The third-order valence-electron chi connectivity index (χ3n) is 3.94. The summed E-state index contributed by atoms with van der Waals surface area (Å²) in [5, 5.41) is 0.763. The van der Waals surface area contributed by atoms with Gasteiger partial charge in [-0.05, 0) is 42.8 Å². The molecule has 0 N–H and O–H groups in total. The summed E-state index contributed by atoms with van der Waals surface area (Å²) in [6.45, 7) is 1.91. The summed E-state index contributed by atoms with van der Waals surface area (Å²) in [5.74, 6) is -0.166. The van der Waals surface area contributed by atoms with Crippen LogP contribution in [0.4, 0.5) is 4.39 Å². The van der Waals surface area contributed by atoms with E-state index in [1.54, 1.807) is 50.4 Å². The third-order valence-corrected chi connectivity index (χ3v) is 3.94. The van der Waals surface area contributed by atoms with E-state index < -0.39 is 11.7 Å². The molecule has 1 atom stereocenters. The molecule has 0 saturated carbocycles. The number of ether oxygens (including phenoxy) is 1. The zero-order chi connectivity index (χ0) is 18.7. The maximum atomic E-state index is 13.3. The van der Waals surface area contributed by atoms with Crippen LogP contribution >= 0.6 is 0 Å². The Morgan fingerprint density at radius 1 is 1.19 bits per heavy atom. The van der Waals surface area contributed by atoms with E-state index in [2.05, 4.69) is 0 Å². The molecule has 1 heterocycles. The number of rotatable bonds is 5. The van der Waals surface area contributed by atoms with Crippen LogP contribution in [0.5, 0.6) is 5.75 Å². The molecule has 3 rings (SSSR count). The third kappa shape index (κ3) is 4.08. The highest BCUT2D eigenvalue weighted by Crippen LogP contribution is 2.21. The summed E-state index contributed by atoms with van der Waals surface area (Å²) in [7, 11) is 1.63. The average Bonchev–Trinajstić information content (AvgIpc) is 2.60. The van der Waals surface area contributed by atoms with E-state index in [-0.39, 0.29) is 18.3 Å². The Hall–Kier alpha value is -3.15. The van der Waals surface area contributed by atoms with Crippen LogP contribution in [0.3, 0.4) is 0 Å². The van der Waals surface area contributed by atoms with Crippen molar-refractivity contribution >= 4 is 16.9 Å². The lowest BCUT2D eigenvalue weighted by Gasteiger charge is -2.22. The zero-order valence-corrected chi connectivity index (χ0v) is 14.4. The second kappa shape index (κ2) is 7.39. The minimum Gasteiger partial charge on any atom is -0.481 e. The Kier molecular flexibility index (Phi) is 5.02. The average molecular weight is 355 g/mol. The van der Waals surface area contributed by atoms with Gasteiger partial charge in [-0.25, -0.2) is 9.18 Å². The number of carbonyl (C=O) groups excluding carboxylic acids is 1. The van der Waals surface area contributed by atoms with Crippen molar-refractivity contribution < 1.29 is 18.3 Å². The molecular formula is C20H18FNO4. The van der Waals surface area contributed by atoms with Crippen molar-refractivity contribution in [2.45, 2.75) is 19.6 Å². The van der Waals surface area contributed by atoms with Crippen molar-refractivity contribution in [2.24, 2.45) is 0 Å². The first kappa shape index (κ1) is 17.7. The van der Waals surface area contributed by atoms with Crippen molar-refractivity contribution in [1.29, 1.82) is 0 Å². The highest BCUT2D eigenvalue weighted by molar-refractivity contribution is 5.81. The number of fused-ring (bicyclic) bond motifs is 1. The van der Waals surface area contributed by atoms with E-state index in [1.165, 1.54) is 23.1 Å². The molecule has 6 heteroatoms. The van der Waals surface area contributed by atoms with E-state index in [9.17, 15) is 14.0 Å². The molecule has 0 saturated heterocycles. The van der Waals surface area contributed by atoms with Gasteiger partial charge >= 0.3 is 5.63 Å². The lowest BCUT2D eigenvalue weighted by atomic mass is 10.2. The van der Waals surface area contributed by atoms with Crippen LogP contribution in [-0.2, 0) is 11.3 Å². The van der Waals surface area contributed by atoms with Crippen molar-refractivity contribution in [3.05, 3.63) is 76.4 Å². The van der Waals surface area contributed by atoms with E-state index in [0.29, 0.717) is 16.9 Å². The number of hydrogen-bond donors (Lipinski definition) is 0. The van der Waals surface area contributed by atoms with Crippen LogP contribution in [0.15, 0.2) is 63.8 Å². The molecule has 1 aromatic heterocycles. The number of hydrogen-bond acceptors (Lipinski definition) is 4.